The summed E-state index contributed by atoms with van der Waals surface area (Å²) in [5.41, 5.74) is 1.54. The zero-order valence-electron chi connectivity index (χ0n) is 14.0. The van der Waals surface area contributed by atoms with E-state index in [0.717, 1.165) is 36.7 Å². The van der Waals surface area contributed by atoms with Gasteiger partial charge in [0.05, 0.1) is 17.3 Å². The third-order valence-electron chi connectivity index (χ3n) is 4.59. The van der Waals surface area contributed by atoms with Crippen LogP contribution >= 0.6 is 0 Å². The average Bonchev–Trinajstić information content (AvgIpc) is 3.31. The second kappa shape index (κ2) is 6.47. The Balaban J connectivity index is 1.65. The minimum absolute atomic E-state index is 0.00326. The summed E-state index contributed by atoms with van der Waals surface area (Å²) >= 11 is 0. The smallest absolute Gasteiger partial charge is 0.255 e. The Hall–Kier alpha value is -3.02. The number of amides is 1. The highest BCUT2D eigenvalue weighted by Gasteiger charge is 2.31. The lowest BCUT2D eigenvalue weighted by Gasteiger charge is -2.24. The van der Waals surface area contributed by atoms with Crippen LogP contribution in [0.3, 0.4) is 0 Å². The quantitative estimate of drug-likeness (QED) is 0.739. The molecule has 1 fully saturated rings. The number of carbonyl (C=O) groups excluding carboxylic acids is 1. The SMILES string of the molecule is Cc1nccn1-c1cccc([C@@H]2CCCN2C(=O)c2cccnc2)n1. The van der Waals surface area contributed by atoms with Crippen LogP contribution < -0.4 is 0 Å². The summed E-state index contributed by atoms with van der Waals surface area (Å²) in [7, 11) is 0. The van der Waals surface area contributed by atoms with Gasteiger partial charge in [0, 0.05) is 31.3 Å². The molecule has 4 heterocycles. The monoisotopic (exact) mass is 333 g/mol. The van der Waals surface area contributed by atoms with E-state index in [1.165, 1.54) is 0 Å². The van der Waals surface area contributed by atoms with Crippen LogP contribution in [0.25, 0.3) is 5.82 Å². The Morgan fingerprint density at radius 2 is 2.12 bits per heavy atom. The van der Waals surface area contributed by atoms with E-state index in [4.69, 9.17) is 4.98 Å². The largest absolute Gasteiger partial charge is 0.330 e. The molecule has 0 radical (unpaired) electrons. The lowest BCUT2D eigenvalue weighted by molar-refractivity contribution is 0.0732. The first-order valence-corrected chi connectivity index (χ1v) is 8.42. The highest BCUT2D eigenvalue weighted by atomic mass is 16.2. The van der Waals surface area contributed by atoms with Crippen molar-refractivity contribution in [1.29, 1.82) is 0 Å². The Morgan fingerprint density at radius 1 is 1.20 bits per heavy atom. The maximum atomic E-state index is 12.8. The number of carbonyl (C=O) groups is 1. The molecule has 0 aromatic carbocycles. The van der Waals surface area contributed by atoms with Crippen molar-refractivity contribution < 1.29 is 4.79 Å². The van der Waals surface area contributed by atoms with Gasteiger partial charge in [-0.15, -0.1) is 0 Å². The van der Waals surface area contributed by atoms with Crippen LogP contribution in [0.5, 0.6) is 0 Å². The maximum Gasteiger partial charge on any atom is 0.255 e. The number of imidazole rings is 1. The fourth-order valence-corrected chi connectivity index (χ4v) is 3.35. The van der Waals surface area contributed by atoms with Crippen molar-refractivity contribution >= 4 is 5.91 Å². The molecule has 25 heavy (non-hydrogen) atoms. The molecular formula is C19H19N5O. The summed E-state index contributed by atoms with van der Waals surface area (Å²) in [6.07, 6.45) is 8.86. The van der Waals surface area contributed by atoms with Gasteiger partial charge in [-0.1, -0.05) is 6.07 Å². The molecule has 6 heteroatoms. The molecule has 1 atom stereocenters. The van der Waals surface area contributed by atoms with E-state index >= 15 is 0 Å². The molecule has 1 aliphatic rings. The molecule has 1 saturated heterocycles. The summed E-state index contributed by atoms with van der Waals surface area (Å²) in [5.74, 6) is 1.73. The van der Waals surface area contributed by atoms with Gasteiger partial charge in [0.2, 0.25) is 0 Å². The third-order valence-corrected chi connectivity index (χ3v) is 4.59. The van der Waals surface area contributed by atoms with Gasteiger partial charge in [-0.05, 0) is 44.0 Å². The lowest BCUT2D eigenvalue weighted by Crippen LogP contribution is -2.31. The van der Waals surface area contributed by atoms with Crippen LogP contribution in [0.4, 0.5) is 0 Å². The van der Waals surface area contributed by atoms with Gasteiger partial charge in [0.25, 0.3) is 5.91 Å². The second-order valence-electron chi connectivity index (χ2n) is 6.16. The van der Waals surface area contributed by atoms with E-state index in [0.29, 0.717) is 5.56 Å². The van der Waals surface area contributed by atoms with E-state index in [1.54, 1.807) is 24.7 Å². The first-order valence-electron chi connectivity index (χ1n) is 8.42. The molecule has 0 bridgehead atoms. The highest BCUT2D eigenvalue weighted by molar-refractivity contribution is 5.94. The molecule has 3 aromatic heterocycles. The van der Waals surface area contributed by atoms with Crippen LogP contribution in [0, 0.1) is 6.92 Å². The number of rotatable bonds is 3. The topological polar surface area (TPSA) is 63.9 Å². The second-order valence-corrected chi connectivity index (χ2v) is 6.16. The molecule has 126 valence electrons. The molecule has 0 spiro atoms. The van der Waals surface area contributed by atoms with E-state index in [-0.39, 0.29) is 11.9 Å². The van der Waals surface area contributed by atoms with Gasteiger partial charge in [-0.25, -0.2) is 9.97 Å². The molecule has 0 saturated carbocycles. The summed E-state index contributed by atoms with van der Waals surface area (Å²) in [4.78, 5) is 27.9. The summed E-state index contributed by atoms with van der Waals surface area (Å²) in [5, 5.41) is 0. The molecule has 1 amide bonds. The van der Waals surface area contributed by atoms with E-state index in [2.05, 4.69) is 9.97 Å². The number of aryl methyl sites for hydroxylation is 1. The summed E-state index contributed by atoms with van der Waals surface area (Å²) in [6, 6.07) is 9.54. The maximum absolute atomic E-state index is 12.8. The van der Waals surface area contributed by atoms with Gasteiger partial charge in [0.15, 0.2) is 0 Å². The molecule has 1 aliphatic heterocycles. The van der Waals surface area contributed by atoms with E-state index in [9.17, 15) is 4.79 Å². The van der Waals surface area contributed by atoms with Crippen molar-refractivity contribution in [3.63, 3.8) is 0 Å². The lowest BCUT2D eigenvalue weighted by atomic mass is 10.1. The van der Waals surface area contributed by atoms with Crippen LogP contribution in [-0.2, 0) is 0 Å². The molecular weight excluding hydrogens is 314 g/mol. The summed E-state index contributed by atoms with van der Waals surface area (Å²) in [6.45, 7) is 2.69. The van der Waals surface area contributed by atoms with Gasteiger partial charge in [-0.2, -0.15) is 0 Å². The van der Waals surface area contributed by atoms with E-state index < -0.39 is 0 Å². The first kappa shape index (κ1) is 15.5. The fourth-order valence-electron chi connectivity index (χ4n) is 3.35. The fraction of sp³-hybridized carbons (Fsp3) is 0.263. The Labute approximate surface area is 146 Å². The third kappa shape index (κ3) is 2.91. The molecule has 0 N–H and O–H groups in total. The average molecular weight is 333 g/mol. The van der Waals surface area contributed by atoms with Crippen molar-refractivity contribution in [2.75, 3.05) is 6.54 Å². The Morgan fingerprint density at radius 3 is 2.88 bits per heavy atom. The highest BCUT2D eigenvalue weighted by Crippen LogP contribution is 2.32. The first-order chi connectivity index (χ1) is 12.2. The predicted octanol–water partition coefficient (Wildman–Crippen LogP) is 2.95. The molecule has 6 nitrogen and oxygen atoms in total. The van der Waals surface area contributed by atoms with Gasteiger partial charge in [-0.3, -0.25) is 14.3 Å². The number of hydrogen-bond donors (Lipinski definition) is 0. The van der Waals surface area contributed by atoms with Gasteiger partial charge in [0.1, 0.15) is 11.6 Å². The van der Waals surface area contributed by atoms with Crippen LogP contribution in [-0.4, -0.2) is 36.9 Å². The van der Waals surface area contributed by atoms with Crippen molar-refractivity contribution in [2.24, 2.45) is 0 Å². The van der Waals surface area contributed by atoms with Crippen molar-refractivity contribution in [3.05, 3.63) is 72.2 Å². The minimum atomic E-state index is -0.00326. The van der Waals surface area contributed by atoms with Gasteiger partial charge < -0.3 is 4.90 Å². The van der Waals surface area contributed by atoms with Crippen LogP contribution in [0.15, 0.2) is 55.1 Å². The summed E-state index contributed by atoms with van der Waals surface area (Å²) < 4.78 is 1.95. The molecule has 4 rings (SSSR count). The minimum Gasteiger partial charge on any atom is -0.330 e. The van der Waals surface area contributed by atoms with Gasteiger partial charge >= 0.3 is 0 Å². The zero-order valence-corrected chi connectivity index (χ0v) is 14.0. The number of likely N-dealkylation sites (tertiary alicyclic amines) is 1. The predicted molar refractivity (Wildman–Crippen MR) is 93.3 cm³/mol. The number of hydrogen-bond acceptors (Lipinski definition) is 4. The molecule has 0 aliphatic carbocycles. The van der Waals surface area contributed by atoms with Crippen LogP contribution in [0.2, 0.25) is 0 Å². The number of nitrogens with zero attached hydrogens (tertiary/aromatic N) is 5. The van der Waals surface area contributed by atoms with Crippen LogP contribution in [0.1, 0.15) is 40.8 Å². The molecule has 3 aromatic rings. The zero-order chi connectivity index (χ0) is 17.2. The Bertz CT molecular complexity index is 890. The van der Waals surface area contributed by atoms with Crippen molar-refractivity contribution in [2.45, 2.75) is 25.8 Å². The number of pyridine rings is 2. The normalized spacial score (nSPS) is 17.0. The Kier molecular flexibility index (Phi) is 4.01. The standard InChI is InChI=1S/C19H19N5O/c1-14-21-10-12-23(14)18-8-2-6-16(22-18)17-7-4-11-24(17)19(25)15-5-3-9-20-13-15/h2-3,5-6,8-10,12-13,17H,4,7,11H2,1H3/t17-/m0/s1. The van der Waals surface area contributed by atoms with Crippen molar-refractivity contribution in [1.82, 2.24) is 24.4 Å². The number of aromatic nitrogens is 4. The van der Waals surface area contributed by atoms with Crippen molar-refractivity contribution in [3.8, 4) is 5.82 Å². The molecule has 0 unspecified atom stereocenters. The van der Waals surface area contributed by atoms with E-state index in [1.807, 2.05) is 46.9 Å².